The number of rotatable bonds is 7. The number of carbonyl (C=O) groups is 2. The summed E-state index contributed by atoms with van der Waals surface area (Å²) in [5.41, 5.74) is 3.10. The summed E-state index contributed by atoms with van der Waals surface area (Å²) in [6.07, 6.45) is 4.34. The maximum absolute atomic E-state index is 12.8. The first-order chi connectivity index (χ1) is 15.9. The van der Waals surface area contributed by atoms with Gasteiger partial charge in [-0.2, -0.15) is 0 Å². The van der Waals surface area contributed by atoms with Gasteiger partial charge in [0, 0.05) is 35.5 Å². The number of carbonyl (C=O) groups excluding carboxylic acids is 2. The first kappa shape index (κ1) is 23.6. The molecule has 1 fully saturated rings. The van der Waals surface area contributed by atoms with Crippen LogP contribution in [-0.2, 0) is 16.0 Å². The molecule has 0 saturated carbocycles. The van der Waals surface area contributed by atoms with Crippen molar-refractivity contribution in [3.63, 3.8) is 0 Å². The number of benzene rings is 2. The van der Waals surface area contributed by atoms with E-state index < -0.39 is 0 Å². The number of nitrogens with zero attached hydrogens (tertiary/aromatic N) is 2. The molecule has 2 heterocycles. The van der Waals surface area contributed by atoms with Gasteiger partial charge in [0.1, 0.15) is 4.32 Å². The summed E-state index contributed by atoms with van der Waals surface area (Å²) < 4.78 is 0.461. The lowest BCUT2D eigenvalue weighted by molar-refractivity contribution is -0.122. The van der Waals surface area contributed by atoms with E-state index in [1.807, 2.05) is 61.5 Å². The van der Waals surface area contributed by atoms with Crippen molar-refractivity contribution < 1.29 is 9.59 Å². The Labute approximate surface area is 210 Å². The summed E-state index contributed by atoms with van der Waals surface area (Å²) >= 11 is 14.2. The molecule has 0 aliphatic carbocycles. The van der Waals surface area contributed by atoms with E-state index in [2.05, 4.69) is 10.3 Å². The van der Waals surface area contributed by atoms with E-state index in [0.717, 1.165) is 21.6 Å². The Hall–Kier alpha value is -2.52. The van der Waals surface area contributed by atoms with Gasteiger partial charge in [0.05, 0.1) is 4.91 Å². The van der Waals surface area contributed by atoms with E-state index in [0.29, 0.717) is 25.8 Å². The van der Waals surface area contributed by atoms with Crippen molar-refractivity contribution in [2.75, 3.05) is 11.9 Å². The second-order valence-electron chi connectivity index (χ2n) is 7.44. The van der Waals surface area contributed by atoms with Crippen molar-refractivity contribution in [2.24, 2.45) is 0 Å². The molecule has 1 N–H and O–H groups in total. The third-order valence-electron chi connectivity index (χ3n) is 4.93. The van der Waals surface area contributed by atoms with E-state index in [1.54, 1.807) is 6.20 Å². The second kappa shape index (κ2) is 10.6. The molecule has 4 rings (SSSR count). The third kappa shape index (κ3) is 6.09. The fraction of sp³-hybridized carbons (Fsp3) is 0.167. The number of amides is 2. The molecule has 1 aliphatic rings. The molecule has 0 spiro atoms. The number of hydrogen-bond acceptors (Lipinski definition) is 6. The number of halogens is 1. The van der Waals surface area contributed by atoms with Crippen LogP contribution in [-0.4, -0.2) is 32.6 Å². The summed E-state index contributed by atoms with van der Waals surface area (Å²) in [7, 11) is 0. The van der Waals surface area contributed by atoms with E-state index in [-0.39, 0.29) is 24.8 Å². The summed E-state index contributed by atoms with van der Waals surface area (Å²) in [6.45, 7) is 2.24. The van der Waals surface area contributed by atoms with Crippen LogP contribution in [0.15, 0.2) is 59.6 Å². The first-order valence-electron chi connectivity index (χ1n) is 10.2. The number of anilines is 1. The average Bonchev–Trinajstić information content (AvgIpc) is 3.33. The van der Waals surface area contributed by atoms with Crippen LogP contribution in [0.2, 0.25) is 5.02 Å². The molecule has 0 bridgehead atoms. The Morgan fingerprint density at radius 3 is 2.73 bits per heavy atom. The summed E-state index contributed by atoms with van der Waals surface area (Å²) in [4.78, 5) is 32.5. The lowest BCUT2D eigenvalue weighted by Crippen LogP contribution is -2.31. The summed E-state index contributed by atoms with van der Waals surface area (Å²) in [5, 5.41) is 4.03. The van der Waals surface area contributed by atoms with Crippen LogP contribution < -0.4 is 5.32 Å². The Morgan fingerprint density at radius 2 is 1.97 bits per heavy atom. The minimum Gasteiger partial charge on any atom is -0.302 e. The number of thioether (sulfide) groups is 1. The van der Waals surface area contributed by atoms with Gasteiger partial charge >= 0.3 is 0 Å². The maximum atomic E-state index is 12.8. The van der Waals surface area contributed by atoms with Crippen molar-refractivity contribution in [2.45, 2.75) is 19.8 Å². The quantitative estimate of drug-likeness (QED) is 0.313. The van der Waals surface area contributed by atoms with Gasteiger partial charge in [0.15, 0.2) is 5.13 Å². The predicted octanol–water partition coefficient (Wildman–Crippen LogP) is 5.93. The van der Waals surface area contributed by atoms with Crippen LogP contribution in [0.4, 0.5) is 5.13 Å². The SMILES string of the molecule is Cc1ccc(/C=C2/SC(=S)N(CCC(=O)Nc3ncc(Cc4ccccc4Cl)s3)C2=O)cc1. The molecule has 168 valence electrons. The number of thiocarbonyl (C=S) groups is 1. The van der Waals surface area contributed by atoms with Gasteiger partial charge in [0.25, 0.3) is 5.91 Å². The van der Waals surface area contributed by atoms with Gasteiger partial charge in [-0.05, 0) is 30.2 Å². The molecule has 0 atom stereocenters. The predicted molar refractivity (Wildman–Crippen MR) is 141 cm³/mol. The van der Waals surface area contributed by atoms with Crippen molar-refractivity contribution in [3.05, 3.63) is 86.2 Å². The van der Waals surface area contributed by atoms with Crippen molar-refractivity contribution in [1.29, 1.82) is 0 Å². The lowest BCUT2D eigenvalue weighted by atomic mass is 10.1. The molecule has 33 heavy (non-hydrogen) atoms. The van der Waals surface area contributed by atoms with E-state index in [9.17, 15) is 9.59 Å². The minimum absolute atomic E-state index is 0.129. The second-order valence-corrected chi connectivity index (χ2v) is 10.6. The molecule has 9 heteroatoms. The highest BCUT2D eigenvalue weighted by atomic mass is 35.5. The Bertz CT molecular complexity index is 1240. The highest BCUT2D eigenvalue weighted by Crippen LogP contribution is 2.32. The Morgan fingerprint density at radius 1 is 1.21 bits per heavy atom. The summed E-state index contributed by atoms with van der Waals surface area (Å²) in [6, 6.07) is 15.6. The standard InChI is InChI=1S/C24H20ClN3O2S3/c1-15-6-8-16(9-7-15)12-20-22(30)28(24(31)33-20)11-10-21(29)27-23-26-14-18(32-23)13-17-4-2-3-5-19(17)25/h2-9,12,14H,10-11,13H2,1H3,(H,26,27,29)/b20-12+. The molecule has 0 unspecified atom stereocenters. The number of aromatic nitrogens is 1. The number of hydrogen-bond donors (Lipinski definition) is 1. The first-order valence-corrected chi connectivity index (χ1v) is 12.6. The molecule has 2 amide bonds. The molecule has 2 aromatic carbocycles. The largest absolute Gasteiger partial charge is 0.302 e. The highest BCUT2D eigenvalue weighted by molar-refractivity contribution is 8.26. The molecule has 1 saturated heterocycles. The molecule has 3 aromatic rings. The van der Waals surface area contributed by atoms with E-state index in [4.69, 9.17) is 23.8 Å². The summed E-state index contributed by atoms with van der Waals surface area (Å²) in [5.74, 6) is -0.389. The van der Waals surface area contributed by atoms with Gasteiger partial charge in [-0.25, -0.2) is 4.98 Å². The van der Waals surface area contributed by atoms with Crippen LogP contribution >= 0.6 is 46.9 Å². The zero-order valence-corrected chi connectivity index (χ0v) is 20.9. The molecule has 1 aromatic heterocycles. The monoisotopic (exact) mass is 513 g/mol. The lowest BCUT2D eigenvalue weighted by Gasteiger charge is -2.13. The van der Waals surface area contributed by atoms with Crippen LogP contribution in [0.5, 0.6) is 0 Å². The van der Waals surface area contributed by atoms with Crippen molar-refractivity contribution >= 4 is 74.3 Å². The normalized spacial score (nSPS) is 14.8. The van der Waals surface area contributed by atoms with Gasteiger partial charge in [-0.1, -0.05) is 83.6 Å². The van der Waals surface area contributed by atoms with Crippen LogP contribution in [0.3, 0.4) is 0 Å². The zero-order valence-electron chi connectivity index (χ0n) is 17.7. The van der Waals surface area contributed by atoms with Crippen LogP contribution in [0.25, 0.3) is 6.08 Å². The number of aryl methyl sites for hydroxylation is 1. The molecule has 5 nitrogen and oxygen atoms in total. The number of thiazole rings is 1. The van der Waals surface area contributed by atoms with Gasteiger partial charge in [-0.3, -0.25) is 14.5 Å². The van der Waals surface area contributed by atoms with Gasteiger partial charge < -0.3 is 5.32 Å². The molecule has 1 aliphatic heterocycles. The van der Waals surface area contributed by atoms with E-state index >= 15 is 0 Å². The smallest absolute Gasteiger partial charge is 0.266 e. The van der Waals surface area contributed by atoms with Crippen LogP contribution in [0.1, 0.15) is 28.0 Å². The van der Waals surface area contributed by atoms with Crippen molar-refractivity contribution in [1.82, 2.24) is 9.88 Å². The average molecular weight is 514 g/mol. The fourth-order valence-corrected chi connectivity index (χ4v) is 5.54. The maximum Gasteiger partial charge on any atom is 0.266 e. The molecular formula is C24H20ClN3O2S3. The van der Waals surface area contributed by atoms with Gasteiger partial charge in [-0.15, -0.1) is 11.3 Å². The van der Waals surface area contributed by atoms with Crippen LogP contribution in [0, 0.1) is 6.92 Å². The highest BCUT2D eigenvalue weighted by Gasteiger charge is 2.32. The fourth-order valence-electron chi connectivity index (χ4n) is 3.18. The number of nitrogens with one attached hydrogen (secondary N) is 1. The molecule has 0 radical (unpaired) electrons. The topological polar surface area (TPSA) is 62.3 Å². The Balaban J connectivity index is 1.31. The van der Waals surface area contributed by atoms with Crippen molar-refractivity contribution in [3.8, 4) is 0 Å². The minimum atomic E-state index is -0.217. The molecular weight excluding hydrogens is 494 g/mol. The third-order valence-corrected chi connectivity index (χ3v) is 7.59. The zero-order chi connectivity index (χ0) is 23.4. The van der Waals surface area contributed by atoms with Gasteiger partial charge in [0.2, 0.25) is 5.91 Å². The Kier molecular flexibility index (Phi) is 7.60. The van der Waals surface area contributed by atoms with E-state index in [1.165, 1.54) is 28.0 Å².